The number of carbonyl (C=O) groups is 1. The van der Waals surface area contributed by atoms with Gasteiger partial charge in [0.25, 0.3) is 5.91 Å². The van der Waals surface area contributed by atoms with Crippen molar-refractivity contribution in [1.82, 2.24) is 5.32 Å². The number of ether oxygens (including phenoxy) is 1. The van der Waals surface area contributed by atoms with Gasteiger partial charge in [-0.05, 0) is 41.5 Å². The maximum atomic E-state index is 12.4. The van der Waals surface area contributed by atoms with Gasteiger partial charge in [-0.2, -0.15) is 0 Å². The minimum absolute atomic E-state index is 0.162. The molecule has 0 bridgehead atoms. The maximum Gasteiger partial charge on any atom is 0.251 e. The van der Waals surface area contributed by atoms with Crippen molar-refractivity contribution < 1.29 is 17.9 Å². The van der Waals surface area contributed by atoms with Crippen LogP contribution in [-0.4, -0.2) is 20.6 Å². The summed E-state index contributed by atoms with van der Waals surface area (Å²) in [6.45, 7) is 0.785. The number of anilines is 1. The van der Waals surface area contributed by atoms with E-state index in [0.717, 1.165) is 23.1 Å². The molecule has 156 valence electrons. The number of rotatable bonds is 8. The average Bonchev–Trinajstić information content (AvgIpc) is 2.72. The van der Waals surface area contributed by atoms with E-state index in [1.165, 1.54) is 18.2 Å². The zero-order chi connectivity index (χ0) is 21.6. The second kappa shape index (κ2) is 9.65. The molecule has 0 heterocycles. The molecule has 0 aliphatic rings. The molecule has 0 radical (unpaired) electrons. The summed E-state index contributed by atoms with van der Waals surface area (Å²) in [7, 11) is -3.50. The van der Waals surface area contributed by atoms with E-state index in [1.807, 2.05) is 54.6 Å². The van der Waals surface area contributed by atoms with E-state index in [9.17, 15) is 13.2 Å². The lowest BCUT2D eigenvalue weighted by Gasteiger charge is -2.10. The van der Waals surface area contributed by atoms with Crippen molar-refractivity contribution in [3.05, 3.63) is 94.5 Å². The van der Waals surface area contributed by atoms with Gasteiger partial charge >= 0.3 is 0 Å². The van der Waals surface area contributed by atoms with Gasteiger partial charge in [0.1, 0.15) is 12.4 Å². The predicted molar refractivity (Wildman–Crippen MR) is 118 cm³/mol. The van der Waals surface area contributed by atoms with Crippen molar-refractivity contribution in [1.29, 1.82) is 0 Å². The van der Waals surface area contributed by atoms with Crippen molar-refractivity contribution in [3.63, 3.8) is 0 Å². The molecule has 0 saturated carbocycles. The van der Waals surface area contributed by atoms with E-state index in [2.05, 4.69) is 10.0 Å². The Morgan fingerprint density at radius 1 is 0.967 bits per heavy atom. The largest absolute Gasteiger partial charge is 0.489 e. The third-order valence-corrected chi connectivity index (χ3v) is 5.07. The van der Waals surface area contributed by atoms with Gasteiger partial charge in [0, 0.05) is 12.1 Å². The van der Waals surface area contributed by atoms with Gasteiger partial charge in [-0.25, -0.2) is 8.42 Å². The van der Waals surface area contributed by atoms with Crippen LogP contribution in [0.4, 0.5) is 5.69 Å². The minimum atomic E-state index is -3.50. The summed E-state index contributed by atoms with van der Waals surface area (Å²) in [6.07, 6.45) is 1.02. The summed E-state index contributed by atoms with van der Waals surface area (Å²) in [5, 5.41) is 3.02. The van der Waals surface area contributed by atoms with Crippen molar-refractivity contribution in [2.24, 2.45) is 0 Å². The van der Waals surface area contributed by atoms with Gasteiger partial charge in [-0.1, -0.05) is 54.1 Å². The molecule has 0 aliphatic heterocycles. The number of para-hydroxylation sites is 1. The predicted octanol–water partition coefficient (Wildman–Crippen LogP) is 4.22. The first-order valence-electron chi connectivity index (χ1n) is 9.11. The standard InChI is InChI=1S/C22H21ClN2O4S/c1-30(27,28)25-21-13-18(11-12-20(21)23)22(26)24-14-16-7-9-17(10-8-16)15-29-19-5-3-2-4-6-19/h2-13,25H,14-15H2,1H3,(H,24,26). The normalized spacial score (nSPS) is 11.0. The Bertz CT molecular complexity index is 1120. The van der Waals surface area contributed by atoms with Gasteiger partial charge in [-0.3, -0.25) is 9.52 Å². The van der Waals surface area contributed by atoms with Gasteiger partial charge in [0.15, 0.2) is 0 Å². The summed E-state index contributed by atoms with van der Waals surface area (Å²) in [5.41, 5.74) is 2.41. The molecule has 0 aromatic heterocycles. The molecule has 1 amide bonds. The van der Waals surface area contributed by atoms with Crippen LogP contribution in [0.2, 0.25) is 5.02 Å². The summed E-state index contributed by atoms with van der Waals surface area (Å²) in [4.78, 5) is 12.4. The molecule has 0 aliphatic carbocycles. The highest BCUT2D eigenvalue weighted by Gasteiger charge is 2.11. The van der Waals surface area contributed by atoms with Gasteiger partial charge in [0.05, 0.1) is 17.0 Å². The van der Waals surface area contributed by atoms with E-state index >= 15 is 0 Å². The molecular weight excluding hydrogens is 424 g/mol. The Morgan fingerprint density at radius 3 is 2.30 bits per heavy atom. The summed E-state index contributed by atoms with van der Waals surface area (Å²) in [6, 6.07) is 21.7. The zero-order valence-corrected chi connectivity index (χ0v) is 17.8. The molecule has 0 spiro atoms. The molecule has 30 heavy (non-hydrogen) atoms. The summed E-state index contributed by atoms with van der Waals surface area (Å²) >= 11 is 5.99. The lowest BCUT2D eigenvalue weighted by atomic mass is 10.1. The van der Waals surface area contributed by atoms with Crippen LogP contribution >= 0.6 is 11.6 Å². The second-order valence-corrected chi connectivity index (χ2v) is 8.83. The second-order valence-electron chi connectivity index (χ2n) is 6.67. The molecule has 3 aromatic carbocycles. The molecule has 8 heteroatoms. The van der Waals surface area contributed by atoms with Gasteiger partial charge in [-0.15, -0.1) is 0 Å². The zero-order valence-electron chi connectivity index (χ0n) is 16.3. The fourth-order valence-electron chi connectivity index (χ4n) is 2.67. The Balaban J connectivity index is 1.56. The first kappa shape index (κ1) is 21.7. The monoisotopic (exact) mass is 444 g/mol. The maximum absolute atomic E-state index is 12.4. The van der Waals surface area contributed by atoms with E-state index in [4.69, 9.17) is 16.3 Å². The van der Waals surface area contributed by atoms with Crippen molar-refractivity contribution in [2.45, 2.75) is 13.2 Å². The van der Waals surface area contributed by atoms with Crippen LogP contribution in [0.25, 0.3) is 0 Å². The Labute approximate surface area is 180 Å². The molecule has 0 saturated heterocycles. The Kier molecular flexibility index (Phi) is 6.97. The van der Waals surface area contributed by atoms with Crippen LogP contribution in [0.1, 0.15) is 21.5 Å². The van der Waals surface area contributed by atoms with E-state index in [1.54, 1.807) is 0 Å². The van der Waals surface area contributed by atoms with E-state index in [-0.39, 0.29) is 16.6 Å². The molecule has 2 N–H and O–H groups in total. The third kappa shape index (κ3) is 6.50. The number of benzene rings is 3. The minimum Gasteiger partial charge on any atom is -0.489 e. The average molecular weight is 445 g/mol. The Hall–Kier alpha value is -3.03. The third-order valence-electron chi connectivity index (χ3n) is 4.15. The van der Waals surface area contributed by atoms with Crippen molar-refractivity contribution in [3.8, 4) is 5.75 Å². The fraction of sp³-hybridized carbons (Fsp3) is 0.136. The lowest BCUT2D eigenvalue weighted by molar-refractivity contribution is 0.0951. The highest BCUT2D eigenvalue weighted by Crippen LogP contribution is 2.24. The highest BCUT2D eigenvalue weighted by atomic mass is 35.5. The van der Waals surface area contributed by atoms with Gasteiger partial charge in [0.2, 0.25) is 10.0 Å². The molecule has 6 nitrogen and oxygen atoms in total. The van der Waals surface area contributed by atoms with Crippen LogP contribution in [0.3, 0.4) is 0 Å². The molecule has 0 atom stereocenters. The van der Waals surface area contributed by atoms with Crippen LogP contribution < -0.4 is 14.8 Å². The lowest BCUT2D eigenvalue weighted by Crippen LogP contribution is -2.23. The topological polar surface area (TPSA) is 84.5 Å². The fourth-order valence-corrected chi connectivity index (χ4v) is 3.45. The first-order chi connectivity index (χ1) is 14.3. The molecule has 3 aromatic rings. The number of halogens is 1. The van der Waals surface area contributed by atoms with E-state index < -0.39 is 10.0 Å². The van der Waals surface area contributed by atoms with Crippen LogP contribution in [-0.2, 0) is 23.2 Å². The van der Waals surface area contributed by atoms with Crippen LogP contribution in [0, 0.1) is 0 Å². The highest BCUT2D eigenvalue weighted by molar-refractivity contribution is 7.92. The van der Waals surface area contributed by atoms with Crippen LogP contribution in [0.15, 0.2) is 72.8 Å². The smallest absolute Gasteiger partial charge is 0.251 e. The number of carbonyl (C=O) groups excluding carboxylic acids is 1. The summed E-state index contributed by atoms with van der Waals surface area (Å²) < 4.78 is 30.9. The number of hydrogen-bond donors (Lipinski definition) is 2. The summed E-state index contributed by atoms with van der Waals surface area (Å²) in [5.74, 6) is 0.473. The number of nitrogens with one attached hydrogen (secondary N) is 2. The number of amides is 1. The molecule has 0 unspecified atom stereocenters. The van der Waals surface area contributed by atoms with Crippen LogP contribution in [0.5, 0.6) is 5.75 Å². The SMILES string of the molecule is CS(=O)(=O)Nc1cc(C(=O)NCc2ccc(COc3ccccc3)cc2)ccc1Cl. The molecular formula is C22H21ClN2O4S. The van der Waals surface area contributed by atoms with E-state index in [0.29, 0.717) is 18.7 Å². The van der Waals surface area contributed by atoms with Crippen molar-refractivity contribution in [2.75, 3.05) is 11.0 Å². The Morgan fingerprint density at radius 2 is 1.63 bits per heavy atom. The molecule has 0 fully saturated rings. The number of hydrogen-bond acceptors (Lipinski definition) is 4. The van der Waals surface area contributed by atoms with Gasteiger partial charge < -0.3 is 10.1 Å². The number of sulfonamides is 1. The molecule has 3 rings (SSSR count). The quantitative estimate of drug-likeness (QED) is 0.544. The first-order valence-corrected chi connectivity index (χ1v) is 11.4. The van der Waals surface area contributed by atoms with Crippen molar-refractivity contribution >= 4 is 33.2 Å².